The fourth-order valence-corrected chi connectivity index (χ4v) is 2.57. The molecule has 20 heavy (non-hydrogen) atoms. The third-order valence-corrected chi connectivity index (χ3v) is 3.65. The van der Waals surface area contributed by atoms with Crippen molar-refractivity contribution in [2.24, 2.45) is 0 Å². The van der Waals surface area contributed by atoms with Crippen LogP contribution in [0.4, 0.5) is 0 Å². The Bertz CT molecular complexity index is 666. The Labute approximate surface area is 120 Å². The first-order valence-corrected chi connectivity index (χ1v) is 6.88. The number of thiophene rings is 1. The topological polar surface area (TPSA) is 47.9 Å². The lowest BCUT2D eigenvalue weighted by Crippen LogP contribution is -1.93. The molecule has 3 rings (SSSR count). The maximum atomic E-state index is 8.65. The lowest BCUT2D eigenvalue weighted by atomic mass is 10.3. The van der Waals surface area contributed by atoms with Gasteiger partial charge in [-0.15, -0.1) is 11.3 Å². The molecule has 2 aromatic rings. The zero-order chi connectivity index (χ0) is 13.8. The van der Waals surface area contributed by atoms with E-state index in [9.17, 15) is 0 Å². The van der Waals surface area contributed by atoms with Crippen molar-refractivity contribution in [2.75, 3.05) is 13.4 Å². The van der Waals surface area contributed by atoms with Crippen molar-refractivity contribution in [3.8, 4) is 29.1 Å². The molecule has 0 amide bonds. The normalized spacial score (nSPS) is 11.8. The van der Waals surface area contributed by atoms with Crippen molar-refractivity contribution >= 4 is 11.3 Å². The van der Waals surface area contributed by atoms with E-state index in [4.69, 9.17) is 19.3 Å². The van der Waals surface area contributed by atoms with Gasteiger partial charge in [-0.2, -0.15) is 0 Å². The Kier molecular flexibility index (Phi) is 3.77. The lowest BCUT2D eigenvalue weighted by molar-refractivity contribution is 0.173. The predicted molar refractivity (Wildman–Crippen MR) is 75.2 cm³/mol. The maximum Gasteiger partial charge on any atom is 0.231 e. The fraction of sp³-hybridized carbons (Fsp3) is 0.200. The number of hydrogen-bond acceptors (Lipinski definition) is 5. The smallest absolute Gasteiger partial charge is 0.231 e. The molecule has 0 saturated carbocycles. The van der Waals surface area contributed by atoms with Gasteiger partial charge in [0.25, 0.3) is 0 Å². The van der Waals surface area contributed by atoms with Crippen LogP contribution in [-0.2, 0) is 6.61 Å². The molecule has 1 aliphatic rings. The van der Waals surface area contributed by atoms with Gasteiger partial charge in [0.2, 0.25) is 6.79 Å². The Morgan fingerprint density at radius 2 is 2.10 bits per heavy atom. The van der Waals surface area contributed by atoms with Crippen LogP contribution in [0.2, 0.25) is 0 Å². The molecular weight excluding hydrogens is 276 g/mol. The van der Waals surface area contributed by atoms with Gasteiger partial charge < -0.3 is 19.3 Å². The van der Waals surface area contributed by atoms with Crippen molar-refractivity contribution in [3.63, 3.8) is 0 Å². The van der Waals surface area contributed by atoms with Crippen LogP contribution in [0.3, 0.4) is 0 Å². The second-order valence-corrected chi connectivity index (χ2v) is 5.20. The number of aliphatic hydroxyl groups is 1. The first-order valence-electron chi connectivity index (χ1n) is 6.06. The summed E-state index contributed by atoms with van der Waals surface area (Å²) in [6.07, 6.45) is 0. The summed E-state index contributed by atoms with van der Waals surface area (Å²) in [5.74, 6) is 7.70. The van der Waals surface area contributed by atoms with Gasteiger partial charge in [-0.25, -0.2) is 0 Å². The van der Waals surface area contributed by atoms with Crippen molar-refractivity contribution in [1.82, 2.24) is 0 Å². The van der Waals surface area contributed by atoms with Gasteiger partial charge in [-0.05, 0) is 24.3 Å². The molecule has 102 valence electrons. The molecule has 1 aliphatic heterocycles. The molecule has 1 aromatic carbocycles. The van der Waals surface area contributed by atoms with E-state index in [0.717, 1.165) is 21.3 Å². The number of hydrogen-bond donors (Lipinski definition) is 1. The largest absolute Gasteiger partial charge is 0.488 e. The van der Waals surface area contributed by atoms with Crippen molar-refractivity contribution < 1.29 is 19.3 Å². The zero-order valence-corrected chi connectivity index (χ0v) is 11.4. The van der Waals surface area contributed by atoms with E-state index in [1.54, 1.807) is 11.3 Å². The molecule has 0 radical (unpaired) electrons. The van der Waals surface area contributed by atoms with E-state index >= 15 is 0 Å². The second-order valence-electron chi connectivity index (χ2n) is 4.03. The van der Waals surface area contributed by atoms with Crippen LogP contribution in [-0.4, -0.2) is 18.5 Å². The first kappa shape index (κ1) is 12.9. The summed E-state index contributed by atoms with van der Waals surface area (Å²) in [5, 5.41) is 8.65. The number of benzene rings is 1. The number of aliphatic hydroxyl groups excluding tert-OH is 1. The monoisotopic (exact) mass is 288 g/mol. The molecule has 0 bridgehead atoms. The minimum atomic E-state index is -0.124. The average Bonchev–Trinajstić information content (AvgIpc) is 3.11. The highest BCUT2D eigenvalue weighted by atomic mass is 32.1. The van der Waals surface area contributed by atoms with E-state index in [2.05, 4.69) is 11.8 Å². The number of ether oxygens (including phenoxy) is 3. The summed E-state index contributed by atoms with van der Waals surface area (Å²) in [6.45, 7) is 0.614. The van der Waals surface area contributed by atoms with Crippen LogP contribution in [0.15, 0.2) is 30.3 Å². The van der Waals surface area contributed by atoms with E-state index in [1.165, 1.54) is 0 Å². The van der Waals surface area contributed by atoms with E-state index < -0.39 is 0 Å². The summed E-state index contributed by atoms with van der Waals surface area (Å²) in [4.78, 5) is 1.99. The minimum absolute atomic E-state index is 0.124. The van der Waals surface area contributed by atoms with Crippen LogP contribution in [0.5, 0.6) is 17.2 Å². The summed E-state index contributed by atoms with van der Waals surface area (Å²) in [5.41, 5.74) is 0. The molecule has 1 N–H and O–H groups in total. The molecule has 0 fully saturated rings. The van der Waals surface area contributed by atoms with Gasteiger partial charge in [0.05, 0.1) is 4.88 Å². The highest BCUT2D eigenvalue weighted by Crippen LogP contribution is 2.35. The lowest BCUT2D eigenvalue weighted by Gasteiger charge is -2.05. The minimum Gasteiger partial charge on any atom is -0.488 e. The number of rotatable bonds is 3. The van der Waals surface area contributed by atoms with Crippen LogP contribution >= 0.6 is 11.3 Å². The Morgan fingerprint density at radius 1 is 1.20 bits per heavy atom. The van der Waals surface area contributed by atoms with Gasteiger partial charge in [-0.3, -0.25) is 0 Å². The fourth-order valence-electron chi connectivity index (χ4n) is 1.77. The molecule has 0 aliphatic carbocycles. The van der Waals surface area contributed by atoms with Gasteiger partial charge in [0, 0.05) is 10.9 Å². The molecular formula is C15H12O4S. The molecule has 5 heteroatoms. The Hall–Kier alpha value is -2.16. The molecule has 0 atom stereocenters. The predicted octanol–water partition coefficient (Wildman–Crippen LogP) is 2.40. The van der Waals surface area contributed by atoms with Crippen LogP contribution < -0.4 is 14.2 Å². The first-order chi connectivity index (χ1) is 9.85. The SMILES string of the molecule is OCC#Cc1ccc(COc2ccc3c(c2)OCO3)s1. The maximum absolute atomic E-state index is 8.65. The Balaban J connectivity index is 1.63. The second kappa shape index (κ2) is 5.87. The molecule has 0 unspecified atom stereocenters. The standard InChI is InChI=1S/C15H12O4S/c16-7-1-2-12-4-5-13(20-12)9-17-11-3-6-14-15(8-11)19-10-18-14/h3-6,8,16H,7,9-10H2. The average molecular weight is 288 g/mol. The van der Waals surface area contributed by atoms with Crippen molar-refractivity contribution in [2.45, 2.75) is 6.61 Å². The number of fused-ring (bicyclic) bond motifs is 1. The van der Waals surface area contributed by atoms with E-state index in [-0.39, 0.29) is 13.4 Å². The Morgan fingerprint density at radius 3 is 3.00 bits per heavy atom. The van der Waals surface area contributed by atoms with E-state index in [1.807, 2.05) is 30.3 Å². The van der Waals surface area contributed by atoms with Gasteiger partial charge in [0.15, 0.2) is 11.5 Å². The summed E-state index contributed by atoms with van der Waals surface area (Å²) < 4.78 is 16.3. The van der Waals surface area contributed by atoms with Crippen molar-refractivity contribution in [3.05, 3.63) is 40.1 Å². The van der Waals surface area contributed by atoms with Gasteiger partial charge >= 0.3 is 0 Å². The summed E-state index contributed by atoms with van der Waals surface area (Å²) >= 11 is 1.55. The molecule has 0 spiro atoms. The van der Waals surface area contributed by atoms with Crippen molar-refractivity contribution in [1.29, 1.82) is 0 Å². The van der Waals surface area contributed by atoms with Crippen LogP contribution in [0.25, 0.3) is 0 Å². The molecule has 0 saturated heterocycles. The van der Waals surface area contributed by atoms with Crippen LogP contribution in [0, 0.1) is 11.8 Å². The molecule has 1 aromatic heterocycles. The third kappa shape index (κ3) is 2.87. The summed E-state index contributed by atoms with van der Waals surface area (Å²) in [7, 11) is 0. The van der Waals surface area contributed by atoms with Crippen LogP contribution in [0.1, 0.15) is 9.75 Å². The quantitative estimate of drug-likeness (QED) is 0.881. The molecule has 2 heterocycles. The van der Waals surface area contributed by atoms with Gasteiger partial charge in [-0.1, -0.05) is 11.8 Å². The highest BCUT2D eigenvalue weighted by Gasteiger charge is 2.13. The molecule has 4 nitrogen and oxygen atoms in total. The van der Waals surface area contributed by atoms with E-state index in [0.29, 0.717) is 12.4 Å². The zero-order valence-electron chi connectivity index (χ0n) is 10.6. The summed E-state index contributed by atoms with van der Waals surface area (Å²) in [6, 6.07) is 9.41. The third-order valence-electron chi connectivity index (χ3n) is 2.68. The highest BCUT2D eigenvalue weighted by molar-refractivity contribution is 7.12. The van der Waals surface area contributed by atoms with Gasteiger partial charge in [0.1, 0.15) is 19.0 Å².